The zero-order valence-corrected chi connectivity index (χ0v) is 11.6. The number of rotatable bonds is 2. The second-order valence-electron chi connectivity index (χ2n) is 5.65. The fourth-order valence-electron chi connectivity index (χ4n) is 2.55. The first kappa shape index (κ1) is 13.2. The molecule has 1 aromatic carbocycles. The van der Waals surface area contributed by atoms with Crippen molar-refractivity contribution in [3.63, 3.8) is 0 Å². The molecule has 0 heterocycles. The molecule has 1 saturated carbocycles. The molecule has 0 spiro atoms. The largest absolute Gasteiger partial charge is 0.399 e. The molecule has 1 aliphatic carbocycles. The Kier molecular flexibility index (Phi) is 3.53. The molecule has 1 atom stereocenters. The summed E-state index contributed by atoms with van der Waals surface area (Å²) in [5, 5.41) is 3.49. The van der Waals surface area contributed by atoms with E-state index in [9.17, 15) is 4.79 Å². The minimum atomic E-state index is -0.111. The second kappa shape index (κ2) is 4.81. The van der Waals surface area contributed by atoms with Crippen LogP contribution in [0.4, 0.5) is 5.69 Å². The van der Waals surface area contributed by atoms with Crippen LogP contribution >= 0.6 is 11.6 Å². The number of hydrogen-bond acceptors (Lipinski definition) is 2. The maximum Gasteiger partial charge on any atom is 0.253 e. The first-order chi connectivity index (χ1) is 8.40. The molecule has 4 heteroatoms. The molecule has 1 unspecified atom stereocenters. The predicted molar refractivity (Wildman–Crippen MR) is 74.8 cm³/mol. The maximum atomic E-state index is 12.2. The number of carbonyl (C=O) groups excluding carboxylic acids is 1. The first-order valence-corrected chi connectivity index (χ1v) is 6.64. The van der Waals surface area contributed by atoms with E-state index in [0.717, 1.165) is 19.3 Å². The van der Waals surface area contributed by atoms with Crippen molar-refractivity contribution in [1.29, 1.82) is 0 Å². The number of halogens is 1. The van der Waals surface area contributed by atoms with E-state index in [-0.39, 0.29) is 17.4 Å². The summed E-state index contributed by atoms with van der Waals surface area (Å²) in [7, 11) is 0. The molecule has 1 amide bonds. The fraction of sp³-hybridized carbons (Fsp3) is 0.500. The lowest BCUT2D eigenvalue weighted by Gasteiger charge is -2.27. The molecule has 0 bridgehead atoms. The quantitative estimate of drug-likeness (QED) is 0.808. The number of anilines is 1. The van der Waals surface area contributed by atoms with Crippen LogP contribution in [0.2, 0.25) is 5.02 Å². The van der Waals surface area contributed by atoms with Gasteiger partial charge in [0.25, 0.3) is 5.91 Å². The van der Waals surface area contributed by atoms with Crippen LogP contribution in [0.3, 0.4) is 0 Å². The maximum absolute atomic E-state index is 12.2. The minimum Gasteiger partial charge on any atom is -0.399 e. The Morgan fingerprint density at radius 3 is 2.78 bits per heavy atom. The van der Waals surface area contributed by atoms with Gasteiger partial charge in [-0.05, 0) is 36.5 Å². The zero-order valence-electron chi connectivity index (χ0n) is 10.8. The number of nitrogen functional groups attached to an aromatic ring is 1. The SMILES string of the molecule is CC1(C)CCCC1NC(=O)c1ccc(N)cc1Cl. The highest BCUT2D eigenvalue weighted by molar-refractivity contribution is 6.34. The Balaban J connectivity index is 2.13. The average Bonchev–Trinajstić information content (AvgIpc) is 2.58. The van der Waals surface area contributed by atoms with Gasteiger partial charge >= 0.3 is 0 Å². The third-order valence-corrected chi connectivity index (χ3v) is 4.11. The molecular formula is C14H19ClN2O. The lowest BCUT2D eigenvalue weighted by Crippen LogP contribution is -2.41. The highest BCUT2D eigenvalue weighted by atomic mass is 35.5. The number of nitrogens with two attached hydrogens (primary N) is 1. The van der Waals surface area contributed by atoms with E-state index in [2.05, 4.69) is 19.2 Å². The molecule has 1 fully saturated rings. The van der Waals surface area contributed by atoms with Gasteiger partial charge in [-0.1, -0.05) is 31.9 Å². The summed E-state index contributed by atoms with van der Waals surface area (Å²) in [6.45, 7) is 4.38. The Labute approximate surface area is 113 Å². The second-order valence-corrected chi connectivity index (χ2v) is 6.05. The Morgan fingerprint density at radius 2 is 2.22 bits per heavy atom. The van der Waals surface area contributed by atoms with Gasteiger partial charge in [0.05, 0.1) is 10.6 Å². The van der Waals surface area contributed by atoms with Crippen LogP contribution in [0.1, 0.15) is 43.5 Å². The summed E-state index contributed by atoms with van der Waals surface area (Å²) in [6.07, 6.45) is 3.34. The smallest absolute Gasteiger partial charge is 0.253 e. The van der Waals surface area contributed by atoms with E-state index in [1.807, 2.05) is 0 Å². The van der Waals surface area contributed by atoms with Gasteiger partial charge in [0, 0.05) is 11.7 Å². The van der Waals surface area contributed by atoms with Crippen molar-refractivity contribution < 1.29 is 4.79 Å². The minimum absolute atomic E-state index is 0.111. The molecule has 1 aromatic rings. The van der Waals surface area contributed by atoms with E-state index in [0.29, 0.717) is 16.3 Å². The van der Waals surface area contributed by atoms with Gasteiger partial charge in [0.1, 0.15) is 0 Å². The summed E-state index contributed by atoms with van der Waals surface area (Å²) in [6, 6.07) is 5.20. The Hall–Kier alpha value is -1.22. The van der Waals surface area contributed by atoms with Gasteiger partial charge in [-0.2, -0.15) is 0 Å². The highest BCUT2D eigenvalue weighted by Crippen LogP contribution is 2.37. The number of amides is 1. The van der Waals surface area contributed by atoms with Crippen molar-refractivity contribution in [1.82, 2.24) is 5.32 Å². The molecule has 3 nitrogen and oxygen atoms in total. The Morgan fingerprint density at radius 1 is 1.50 bits per heavy atom. The van der Waals surface area contributed by atoms with E-state index in [1.54, 1.807) is 18.2 Å². The van der Waals surface area contributed by atoms with Crippen molar-refractivity contribution >= 4 is 23.2 Å². The predicted octanol–water partition coefficient (Wildman–Crippen LogP) is 3.23. The van der Waals surface area contributed by atoms with Crippen molar-refractivity contribution in [3.05, 3.63) is 28.8 Å². The third kappa shape index (κ3) is 2.61. The van der Waals surface area contributed by atoms with Gasteiger partial charge in [0.2, 0.25) is 0 Å². The average molecular weight is 267 g/mol. The molecule has 98 valence electrons. The van der Waals surface area contributed by atoms with Crippen LogP contribution in [-0.4, -0.2) is 11.9 Å². The van der Waals surface area contributed by atoms with E-state index in [4.69, 9.17) is 17.3 Å². The van der Waals surface area contributed by atoms with E-state index >= 15 is 0 Å². The standard InChI is InChI=1S/C14H19ClN2O/c1-14(2)7-3-4-12(14)17-13(18)10-6-5-9(16)8-11(10)15/h5-6,8,12H,3-4,7,16H2,1-2H3,(H,17,18). The first-order valence-electron chi connectivity index (χ1n) is 6.26. The van der Waals surface area contributed by atoms with E-state index < -0.39 is 0 Å². The lowest BCUT2D eigenvalue weighted by atomic mass is 9.87. The summed E-state index contributed by atoms with van der Waals surface area (Å²) in [4.78, 5) is 12.2. The monoisotopic (exact) mass is 266 g/mol. The van der Waals surface area contributed by atoms with Crippen LogP contribution in [0.15, 0.2) is 18.2 Å². The molecule has 0 aliphatic heterocycles. The van der Waals surface area contributed by atoms with Crippen LogP contribution in [0.25, 0.3) is 0 Å². The van der Waals surface area contributed by atoms with Gasteiger partial charge in [-0.15, -0.1) is 0 Å². The summed E-state index contributed by atoms with van der Waals surface area (Å²) in [5.41, 5.74) is 6.84. The summed E-state index contributed by atoms with van der Waals surface area (Å²) < 4.78 is 0. The fourth-order valence-corrected chi connectivity index (χ4v) is 2.82. The molecule has 0 radical (unpaired) electrons. The van der Waals surface area contributed by atoms with Gasteiger partial charge in [-0.3, -0.25) is 4.79 Å². The van der Waals surface area contributed by atoms with E-state index in [1.165, 1.54) is 0 Å². The molecule has 0 aromatic heterocycles. The molecule has 0 saturated heterocycles. The van der Waals surface area contributed by atoms with Crippen molar-refractivity contribution in [2.24, 2.45) is 5.41 Å². The van der Waals surface area contributed by atoms with Crippen molar-refractivity contribution in [3.8, 4) is 0 Å². The van der Waals surface area contributed by atoms with Crippen molar-refractivity contribution in [2.45, 2.75) is 39.2 Å². The van der Waals surface area contributed by atoms with Crippen LogP contribution in [0.5, 0.6) is 0 Å². The molecule has 1 aliphatic rings. The van der Waals surface area contributed by atoms with Crippen molar-refractivity contribution in [2.75, 3.05) is 5.73 Å². The number of nitrogens with one attached hydrogen (secondary N) is 1. The number of hydrogen-bond donors (Lipinski definition) is 2. The topological polar surface area (TPSA) is 55.1 Å². The van der Waals surface area contributed by atoms with Gasteiger partial charge in [0.15, 0.2) is 0 Å². The highest BCUT2D eigenvalue weighted by Gasteiger charge is 2.35. The third-order valence-electron chi connectivity index (χ3n) is 3.80. The summed E-state index contributed by atoms with van der Waals surface area (Å²) >= 11 is 6.04. The normalized spacial score (nSPS) is 21.8. The van der Waals surface area contributed by atoms with Crippen LogP contribution in [0, 0.1) is 5.41 Å². The van der Waals surface area contributed by atoms with Gasteiger partial charge in [-0.25, -0.2) is 0 Å². The molecule has 3 N–H and O–H groups in total. The summed E-state index contributed by atoms with van der Waals surface area (Å²) in [5.74, 6) is -0.111. The van der Waals surface area contributed by atoms with Crippen LogP contribution in [-0.2, 0) is 0 Å². The molecule has 2 rings (SSSR count). The molecule has 18 heavy (non-hydrogen) atoms. The lowest BCUT2D eigenvalue weighted by molar-refractivity contribution is 0.0910. The number of benzene rings is 1. The van der Waals surface area contributed by atoms with Crippen LogP contribution < -0.4 is 11.1 Å². The zero-order chi connectivity index (χ0) is 13.3. The molecular weight excluding hydrogens is 248 g/mol. The van der Waals surface area contributed by atoms with Gasteiger partial charge < -0.3 is 11.1 Å². The number of carbonyl (C=O) groups is 1. The Bertz CT molecular complexity index is 471.